The highest BCUT2D eigenvalue weighted by atomic mass is 16.1. The molecule has 0 N–H and O–H groups in total. The Hall–Kier alpha value is -0.850. The van der Waals surface area contributed by atoms with Gasteiger partial charge in [0.2, 0.25) is 0 Å². The van der Waals surface area contributed by atoms with Crippen LogP contribution in [0.15, 0.2) is 23.8 Å². The zero-order valence-corrected chi connectivity index (χ0v) is 11.2. The average molecular weight is 220 g/mol. The van der Waals surface area contributed by atoms with E-state index in [9.17, 15) is 4.79 Å². The molecule has 0 fully saturated rings. The molecule has 16 heavy (non-hydrogen) atoms. The van der Waals surface area contributed by atoms with Gasteiger partial charge < -0.3 is 0 Å². The van der Waals surface area contributed by atoms with Crippen molar-refractivity contribution in [2.24, 2.45) is 17.3 Å². The lowest BCUT2D eigenvalue weighted by atomic mass is 9.64. The van der Waals surface area contributed by atoms with Gasteiger partial charge in [-0.15, -0.1) is 0 Å². The second kappa shape index (κ2) is 4.99. The summed E-state index contributed by atoms with van der Waals surface area (Å²) in [7, 11) is 0. The number of carbonyl (C=O) groups excluding carboxylic acids is 1. The molecule has 0 aromatic heterocycles. The molecule has 0 saturated carbocycles. The third-order valence-electron chi connectivity index (χ3n) is 3.43. The van der Waals surface area contributed by atoms with Gasteiger partial charge in [-0.05, 0) is 37.2 Å². The number of hydrogen-bond donors (Lipinski definition) is 0. The van der Waals surface area contributed by atoms with Crippen LogP contribution < -0.4 is 0 Å². The van der Waals surface area contributed by atoms with Crippen LogP contribution in [0.3, 0.4) is 0 Å². The highest BCUT2D eigenvalue weighted by Crippen LogP contribution is 2.43. The zero-order chi connectivity index (χ0) is 12.3. The molecular formula is C15H24O. The van der Waals surface area contributed by atoms with E-state index in [-0.39, 0.29) is 17.1 Å². The SMILES string of the molecule is CCC=CC(=O)[C@H]1C(C)=C[C@H](C)CC1(C)C. The van der Waals surface area contributed by atoms with Crippen LogP contribution in [-0.2, 0) is 4.79 Å². The summed E-state index contributed by atoms with van der Waals surface area (Å²) in [5.74, 6) is 0.938. The lowest BCUT2D eigenvalue weighted by Gasteiger charge is -2.39. The molecule has 0 unspecified atom stereocenters. The molecule has 90 valence electrons. The van der Waals surface area contributed by atoms with Crippen LogP contribution in [0.25, 0.3) is 0 Å². The van der Waals surface area contributed by atoms with E-state index in [2.05, 4.69) is 40.7 Å². The molecule has 0 spiro atoms. The maximum Gasteiger partial charge on any atom is 0.162 e. The molecule has 1 heteroatoms. The fourth-order valence-corrected chi connectivity index (χ4v) is 3.11. The van der Waals surface area contributed by atoms with Crippen LogP contribution >= 0.6 is 0 Å². The van der Waals surface area contributed by atoms with Gasteiger partial charge in [0.05, 0.1) is 0 Å². The molecule has 2 atom stereocenters. The van der Waals surface area contributed by atoms with E-state index < -0.39 is 0 Å². The van der Waals surface area contributed by atoms with Crippen molar-refractivity contribution in [3.63, 3.8) is 0 Å². The highest BCUT2D eigenvalue weighted by molar-refractivity contribution is 5.94. The van der Waals surface area contributed by atoms with Crippen LogP contribution in [0.2, 0.25) is 0 Å². The Morgan fingerprint density at radius 1 is 1.56 bits per heavy atom. The third kappa shape index (κ3) is 2.84. The zero-order valence-electron chi connectivity index (χ0n) is 11.2. The topological polar surface area (TPSA) is 17.1 Å². The average Bonchev–Trinajstić information content (AvgIpc) is 2.11. The fourth-order valence-electron chi connectivity index (χ4n) is 3.11. The first kappa shape index (κ1) is 13.2. The molecule has 1 aliphatic rings. The molecule has 0 saturated heterocycles. The quantitative estimate of drug-likeness (QED) is 0.516. The van der Waals surface area contributed by atoms with Gasteiger partial charge in [-0.2, -0.15) is 0 Å². The lowest BCUT2D eigenvalue weighted by Crippen LogP contribution is -2.35. The molecule has 0 radical (unpaired) electrons. The predicted octanol–water partition coefficient (Wildman–Crippen LogP) is 4.15. The molecule has 0 bridgehead atoms. The Morgan fingerprint density at radius 3 is 2.69 bits per heavy atom. The maximum absolute atomic E-state index is 12.2. The largest absolute Gasteiger partial charge is 0.294 e. The van der Waals surface area contributed by atoms with Gasteiger partial charge in [-0.3, -0.25) is 4.79 Å². The summed E-state index contributed by atoms with van der Waals surface area (Å²) in [5, 5.41) is 0. The Bertz CT molecular complexity index is 320. The first-order valence-electron chi connectivity index (χ1n) is 6.27. The maximum atomic E-state index is 12.2. The predicted molar refractivity (Wildman–Crippen MR) is 69.2 cm³/mol. The molecule has 0 aromatic rings. The normalized spacial score (nSPS) is 29.2. The van der Waals surface area contributed by atoms with Crippen molar-refractivity contribution in [2.75, 3.05) is 0 Å². The highest BCUT2D eigenvalue weighted by Gasteiger charge is 2.38. The molecule has 0 heterocycles. The van der Waals surface area contributed by atoms with E-state index in [0.717, 1.165) is 12.8 Å². The second-order valence-corrected chi connectivity index (χ2v) is 5.73. The molecule has 1 rings (SSSR count). The second-order valence-electron chi connectivity index (χ2n) is 5.73. The number of allylic oxidation sites excluding steroid dienone is 4. The van der Waals surface area contributed by atoms with E-state index in [1.807, 2.05) is 6.08 Å². The van der Waals surface area contributed by atoms with Gasteiger partial charge in [0, 0.05) is 5.92 Å². The summed E-state index contributed by atoms with van der Waals surface area (Å²) in [4.78, 5) is 12.2. The van der Waals surface area contributed by atoms with Crippen molar-refractivity contribution >= 4 is 5.78 Å². The molecule has 1 aliphatic carbocycles. The van der Waals surface area contributed by atoms with E-state index in [0.29, 0.717) is 5.92 Å². The van der Waals surface area contributed by atoms with Crippen molar-refractivity contribution in [3.8, 4) is 0 Å². The molecule has 0 aromatic carbocycles. The minimum absolute atomic E-state index is 0.0755. The number of rotatable bonds is 3. The molecular weight excluding hydrogens is 196 g/mol. The summed E-state index contributed by atoms with van der Waals surface area (Å²) in [6.45, 7) is 10.8. The molecule has 0 aliphatic heterocycles. The van der Waals surface area contributed by atoms with Crippen LogP contribution in [-0.4, -0.2) is 5.78 Å². The van der Waals surface area contributed by atoms with Gasteiger partial charge in [-0.25, -0.2) is 0 Å². The van der Waals surface area contributed by atoms with E-state index in [1.165, 1.54) is 5.57 Å². The third-order valence-corrected chi connectivity index (χ3v) is 3.43. The summed E-state index contributed by atoms with van der Waals surface area (Å²) in [6.07, 6.45) is 8.01. The van der Waals surface area contributed by atoms with E-state index >= 15 is 0 Å². The Balaban J connectivity index is 2.96. The van der Waals surface area contributed by atoms with Gasteiger partial charge in [-0.1, -0.05) is 45.4 Å². The Labute approximate surface area is 99.6 Å². The fraction of sp³-hybridized carbons (Fsp3) is 0.667. The summed E-state index contributed by atoms with van der Waals surface area (Å²) >= 11 is 0. The Kier molecular flexibility index (Phi) is 4.12. The van der Waals surface area contributed by atoms with Crippen molar-refractivity contribution in [1.82, 2.24) is 0 Å². The minimum Gasteiger partial charge on any atom is -0.294 e. The van der Waals surface area contributed by atoms with Crippen molar-refractivity contribution in [2.45, 2.75) is 47.5 Å². The number of ketones is 1. The summed E-state index contributed by atoms with van der Waals surface area (Å²) in [5.41, 5.74) is 1.34. The number of hydrogen-bond acceptors (Lipinski definition) is 1. The van der Waals surface area contributed by atoms with Crippen LogP contribution in [0, 0.1) is 17.3 Å². The van der Waals surface area contributed by atoms with Crippen molar-refractivity contribution in [1.29, 1.82) is 0 Å². The molecule has 1 nitrogen and oxygen atoms in total. The van der Waals surface area contributed by atoms with Gasteiger partial charge in [0.15, 0.2) is 5.78 Å². The standard InChI is InChI=1S/C15H24O/c1-6-7-8-13(16)14-12(3)9-11(2)10-15(14,4)5/h7-9,11,14H,6,10H2,1-5H3/t11-,14+/m0/s1. The van der Waals surface area contributed by atoms with Gasteiger partial charge in [0.1, 0.15) is 0 Å². The smallest absolute Gasteiger partial charge is 0.162 e. The lowest BCUT2D eigenvalue weighted by molar-refractivity contribution is -0.120. The van der Waals surface area contributed by atoms with Crippen molar-refractivity contribution < 1.29 is 4.79 Å². The van der Waals surface area contributed by atoms with Gasteiger partial charge in [0.25, 0.3) is 0 Å². The van der Waals surface area contributed by atoms with Crippen LogP contribution in [0.4, 0.5) is 0 Å². The van der Waals surface area contributed by atoms with Crippen LogP contribution in [0.5, 0.6) is 0 Å². The van der Waals surface area contributed by atoms with E-state index in [4.69, 9.17) is 0 Å². The van der Waals surface area contributed by atoms with E-state index in [1.54, 1.807) is 6.08 Å². The van der Waals surface area contributed by atoms with Crippen molar-refractivity contribution in [3.05, 3.63) is 23.8 Å². The first-order valence-corrected chi connectivity index (χ1v) is 6.27. The Morgan fingerprint density at radius 2 is 2.19 bits per heavy atom. The minimum atomic E-state index is 0.0755. The molecule has 0 amide bonds. The summed E-state index contributed by atoms with van der Waals surface area (Å²) in [6, 6.07) is 0. The summed E-state index contributed by atoms with van der Waals surface area (Å²) < 4.78 is 0. The van der Waals surface area contributed by atoms with Crippen LogP contribution in [0.1, 0.15) is 47.5 Å². The first-order chi connectivity index (χ1) is 7.38. The van der Waals surface area contributed by atoms with Gasteiger partial charge >= 0.3 is 0 Å². The monoisotopic (exact) mass is 220 g/mol. The number of carbonyl (C=O) groups is 1.